The molecule has 3 aromatic rings. The Bertz CT molecular complexity index is 1250. The van der Waals surface area contributed by atoms with Gasteiger partial charge in [0.1, 0.15) is 12.2 Å². The van der Waals surface area contributed by atoms with E-state index in [2.05, 4.69) is 24.7 Å². The van der Waals surface area contributed by atoms with E-state index in [0.717, 1.165) is 43.0 Å². The number of carbonyl (C=O) groups is 1. The first-order valence-electron chi connectivity index (χ1n) is 10.7. The van der Waals surface area contributed by atoms with Gasteiger partial charge < -0.3 is 9.64 Å². The number of carbonyl (C=O) groups excluding carboxylic acids is 1. The van der Waals surface area contributed by atoms with E-state index >= 15 is 0 Å². The number of rotatable bonds is 2. The van der Waals surface area contributed by atoms with Crippen molar-refractivity contribution in [3.8, 4) is 5.69 Å². The van der Waals surface area contributed by atoms with Crippen LogP contribution in [0.1, 0.15) is 36.0 Å². The number of benzene rings is 1. The minimum atomic E-state index is -0.423. The van der Waals surface area contributed by atoms with Crippen LogP contribution in [0.15, 0.2) is 30.7 Å². The maximum Gasteiger partial charge on any atom is 0.410 e. The zero-order chi connectivity index (χ0) is 22.7. The number of hydrogen-bond donors (Lipinski definition) is 0. The molecule has 0 unspecified atom stereocenters. The number of aromatic nitrogens is 5. The zero-order valence-corrected chi connectivity index (χ0v) is 18.7. The summed E-state index contributed by atoms with van der Waals surface area (Å²) in [4.78, 5) is 23.7. The van der Waals surface area contributed by atoms with E-state index in [1.807, 2.05) is 23.1 Å². The van der Waals surface area contributed by atoms with Gasteiger partial charge in [0.15, 0.2) is 17.5 Å². The molecular formula is C22H21ClFN7O2. The first kappa shape index (κ1) is 20.3. The van der Waals surface area contributed by atoms with Crippen LogP contribution in [0.4, 0.5) is 15.0 Å². The Morgan fingerprint density at radius 1 is 1.24 bits per heavy atom. The third-order valence-corrected chi connectivity index (χ3v) is 7.12. The molecule has 0 radical (unpaired) electrons. The molecule has 4 heterocycles. The van der Waals surface area contributed by atoms with Gasteiger partial charge in [-0.3, -0.25) is 9.47 Å². The molecule has 0 atom stereocenters. The Kier molecular flexibility index (Phi) is 4.55. The van der Waals surface area contributed by atoms with E-state index in [-0.39, 0.29) is 11.3 Å². The molecule has 11 heteroatoms. The number of amides is 1. The van der Waals surface area contributed by atoms with Crippen LogP contribution in [-0.4, -0.2) is 55.9 Å². The second-order valence-corrected chi connectivity index (χ2v) is 9.50. The fourth-order valence-electron chi connectivity index (χ4n) is 5.43. The Morgan fingerprint density at radius 3 is 2.82 bits per heavy atom. The summed E-state index contributed by atoms with van der Waals surface area (Å²) in [5.41, 5.74) is 1.98. The highest BCUT2D eigenvalue weighted by atomic mass is 35.5. The Labute approximate surface area is 194 Å². The average Bonchev–Trinajstić information content (AvgIpc) is 3.07. The fourth-order valence-corrected chi connectivity index (χ4v) is 5.62. The van der Waals surface area contributed by atoms with Gasteiger partial charge in [-0.1, -0.05) is 11.6 Å². The summed E-state index contributed by atoms with van der Waals surface area (Å²) < 4.78 is 21.0. The quantitative estimate of drug-likeness (QED) is 0.568. The summed E-state index contributed by atoms with van der Waals surface area (Å²) >= 11 is 6.26. The Morgan fingerprint density at radius 2 is 2.06 bits per heavy atom. The van der Waals surface area contributed by atoms with E-state index in [1.54, 1.807) is 4.90 Å². The molecule has 2 aliphatic heterocycles. The molecule has 0 N–H and O–H groups in total. The van der Waals surface area contributed by atoms with Gasteiger partial charge in [-0.05, 0) is 36.6 Å². The van der Waals surface area contributed by atoms with Crippen LogP contribution in [0.5, 0.6) is 0 Å². The molecule has 33 heavy (non-hydrogen) atoms. The second-order valence-electron chi connectivity index (χ2n) is 9.06. The highest BCUT2D eigenvalue weighted by Gasteiger charge is 2.55. The van der Waals surface area contributed by atoms with Crippen molar-refractivity contribution in [1.29, 1.82) is 0 Å². The van der Waals surface area contributed by atoms with Crippen LogP contribution in [0.25, 0.3) is 5.69 Å². The molecule has 170 valence electrons. The molecule has 0 bridgehead atoms. The van der Waals surface area contributed by atoms with Crippen molar-refractivity contribution in [3.05, 3.63) is 58.8 Å². The molecule has 1 saturated heterocycles. The van der Waals surface area contributed by atoms with Crippen molar-refractivity contribution in [2.75, 3.05) is 25.1 Å². The molecule has 9 nitrogen and oxygen atoms in total. The van der Waals surface area contributed by atoms with Crippen molar-refractivity contribution in [2.24, 2.45) is 5.41 Å². The average molecular weight is 470 g/mol. The summed E-state index contributed by atoms with van der Waals surface area (Å²) in [7, 11) is 1.37. The predicted octanol–water partition coefficient (Wildman–Crippen LogP) is 3.32. The van der Waals surface area contributed by atoms with Crippen LogP contribution >= 0.6 is 11.6 Å². The molecular weight excluding hydrogens is 449 g/mol. The molecule has 2 fully saturated rings. The second kappa shape index (κ2) is 7.38. The number of hydrogen-bond acceptors (Lipinski definition) is 7. The van der Waals surface area contributed by atoms with Gasteiger partial charge in [0.2, 0.25) is 0 Å². The molecule has 1 amide bonds. The summed E-state index contributed by atoms with van der Waals surface area (Å²) in [6.07, 6.45) is 4.03. The molecule has 1 spiro atoms. The van der Waals surface area contributed by atoms with Crippen LogP contribution < -0.4 is 4.90 Å². The van der Waals surface area contributed by atoms with Gasteiger partial charge in [-0.15, -0.1) is 10.2 Å². The van der Waals surface area contributed by atoms with Gasteiger partial charge in [0.25, 0.3) is 0 Å². The minimum Gasteiger partial charge on any atom is -0.453 e. The third-order valence-electron chi connectivity index (χ3n) is 6.89. The lowest BCUT2D eigenvalue weighted by Crippen LogP contribution is -2.62. The number of ether oxygens (including phenoxy) is 1. The van der Waals surface area contributed by atoms with E-state index in [9.17, 15) is 9.18 Å². The summed E-state index contributed by atoms with van der Waals surface area (Å²) in [6, 6.07) is 5.66. The third kappa shape index (κ3) is 3.23. The maximum absolute atomic E-state index is 14.0. The smallest absolute Gasteiger partial charge is 0.410 e. The molecule has 6 rings (SSSR count). The van der Waals surface area contributed by atoms with Crippen molar-refractivity contribution in [1.82, 2.24) is 29.6 Å². The molecule has 3 aliphatic rings. The summed E-state index contributed by atoms with van der Waals surface area (Å²) in [5.74, 6) is 1.78. The van der Waals surface area contributed by atoms with Gasteiger partial charge >= 0.3 is 6.09 Å². The number of anilines is 1. The largest absolute Gasteiger partial charge is 0.453 e. The lowest BCUT2D eigenvalue weighted by molar-refractivity contribution is 0.0575. The lowest BCUT2D eigenvalue weighted by atomic mass is 9.57. The van der Waals surface area contributed by atoms with E-state index < -0.39 is 11.9 Å². The zero-order valence-electron chi connectivity index (χ0n) is 17.9. The van der Waals surface area contributed by atoms with Crippen LogP contribution in [-0.2, 0) is 17.8 Å². The van der Waals surface area contributed by atoms with E-state index in [0.29, 0.717) is 29.8 Å². The van der Waals surface area contributed by atoms with E-state index in [4.69, 9.17) is 16.3 Å². The van der Waals surface area contributed by atoms with Crippen LogP contribution in [0.3, 0.4) is 0 Å². The molecule has 1 aromatic carbocycles. The normalized spacial score (nSPS) is 18.8. The number of halogens is 2. The summed E-state index contributed by atoms with van der Waals surface area (Å²) in [5, 5.41) is 9.55. The highest BCUT2D eigenvalue weighted by Crippen LogP contribution is 2.56. The van der Waals surface area contributed by atoms with Gasteiger partial charge in [-0.2, -0.15) is 0 Å². The fraction of sp³-hybridized carbons (Fsp3) is 0.409. The monoisotopic (exact) mass is 469 g/mol. The van der Waals surface area contributed by atoms with E-state index in [1.165, 1.54) is 19.6 Å². The van der Waals surface area contributed by atoms with Gasteiger partial charge in [0, 0.05) is 29.4 Å². The molecule has 1 saturated carbocycles. The SMILES string of the molecule is COC(=O)N1Cc2cc(Cl)ccc2-n2c(nnc2C2CC3(C2)CN(c2ncncc2F)C3)C1. The first-order valence-corrected chi connectivity index (χ1v) is 11.1. The topological polar surface area (TPSA) is 89.3 Å². The standard InChI is InChI=1S/C22H21ClFN7O2/c1-33-21(32)29-8-13-4-15(23)2-3-17(13)31-18(9-29)27-28-19(31)14-5-22(6-14)10-30(11-22)20-16(24)7-25-12-26-20/h2-4,7,12,14H,5-6,8-11H2,1H3. The first-order chi connectivity index (χ1) is 16.0. The molecule has 1 aliphatic carbocycles. The Hall–Kier alpha value is -3.27. The molecule has 2 aromatic heterocycles. The van der Waals surface area contributed by atoms with Crippen molar-refractivity contribution in [2.45, 2.75) is 31.8 Å². The Balaban J connectivity index is 1.26. The van der Waals surface area contributed by atoms with Crippen LogP contribution in [0.2, 0.25) is 5.02 Å². The number of methoxy groups -OCH3 is 1. The van der Waals surface area contributed by atoms with Crippen molar-refractivity contribution in [3.63, 3.8) is 0 Å². The number of fused-ring (bicyclic) bond motifs is 3. The predicted molar refractivity (Wildman–Crippen MR) is 117 cm³/mol. The number of nitrogens with zero attached hydrogens (tertiary/aromatic N) is 7. The van der Waals surface area contributed by atoms with Crippen molar-refractivity contribution >= 4 is 23.5 Å². The lowest BCUT2D eigenvalue weighted by Gasteiger charge is -2.59. The minimum absolute atomic E-state index is 0.139. The highest BCUT2D eigenvalue weighted by molar-refractivity contribution is 6.30. The maximum atomic E-state index is 14.0. The summed E-state index contributed by atoms with van der Waals surface area (Å²) in [6.45, 7) is 2.20. The van der Waals surface area contributed by atoms with Crippen molar-refractivity contribution < 1.29 is 13.9 Å². The van der Waals surface area contributed by atoms with Crippen LogP contribution in [0, 0.1) is 11.2 Å². The van der Waals surface area contributed by atoms with Gasteiger partial charge in [-0.25, -0.2) is 19.2 Å². The van der Waals surface area contributed by atoms with Gasteiger partial charge in [0.05, 0.1) is 32.1 Å².